The molecule has 0 aromatic carbocycles. The van der Waals surface area contributed by atoms with Gasteiger partial charge in [-0.1, -0.05) is 12.8 Å². The van der Waals surface area contributed by atoms with E-state index >= 15 is 0 Å². The number of rotatable bonds is 5. The first-order chi connectivity index (χ1) is 7.69. The molecule has 0 heterocycles. The van der Waals surface area contributed by atoms with Gasteiger partial charge >= 0.3 is 0 Å². The van der Waals surface area contributed by atoms with E-state index < -0.39 is 0 Å². The quantitative estimate of drug-likeness (QED) is 0.751. The normalized spacial score (nSPS) is 33.9. The maximum atomic E-state index is 9.33. The predicted octanol–water partition coefficient (Wildman–Crippen LogP) is 1.69. The molecule has 2 saturated carbocycles. The van der Waals surface area contributed by atoms with Crippen molar-refractivity contribution in [3.05, 3.63) is 0 Å². The van der Waals surface area contributed by atoms with Gasteiger partial charge in [0, 0.05) is 24.6 Å². The molecule has 2 rings (SSSR count). The average molecular weight is 227 g/mol. The van der Waals surface area contributed by atoms with Crippen molar-refractivity contribution in [3.63, 3.8) is 0 Å². The van der Waals surface area contributed by atoms with Gasteiger partial charge in [-0.3, -0.25) is 0 Å². The summed E-state index contributed by atoms with van der Waals surface area (Å²) in [7, 11) is 0. The van der Waals surface area contributed by atoms with Gasteiger partial charge in [0.25, 0.3) is 0 Å². The van der Waals surface area contributed by atoms with Crippen molar-refractivity contribution in [2.24, 2.45) is 5.41 Å². The molecule has 0 aromatic heterocycles. The van der Waals surface area contributed by atoms with Crippen LogP contribution in [0.3, 0.4) is 0 Å². The first kappa shape index (κ1) is 12.3. The van der Waals surface area contributed by atoms with Crippen molar-refractivity contribution in [1.29, 1.82) is 0 Å². The lowest BCUT2D eigenvalue weighted by atomic mass is 9.60. The van der Waals surface area contributed by atoms with E-state index in [1.807, 2.05) is 6.92 Å². The fraction of sp³-hybridized carbons (Fsp3) is 1.00. The average Bonchev–Trinajstić information content (AvgIpc) is 2.73. The Bertz CT molecular complexity index is 224. The highest BCUT2D eigenvalue weighted by molar-refractivity contribution is 5.09. The molecule has 0 saturated heterocycles. The Morgan fingerprint density at radius 3 is 2.69 bits per heavy atom. The molecule has 16 heavy (non-hydrogen) atoms. The van der Waals surface area contributed by atoms with E-state index in [1.54, 1.807) is 0 Å². The van der Waals surface area contributed by atoms with Crippen molar-refractivity contribution in [2.75, 3.05) is 13.2 Å². The highest BCUT2D eigenvalue weighted by Crippen LogP contribution is 2.54. The molecule has 3 heteroatoms. The molecule has 0 amide bonds. The predicted molar refractivity (Wildman–Crippen MR) is 64.4 cm³/mol. The van der Waals surface area contributed by atoms with Crippen LogP contribution in [0.2, 0.25) is 0 Å². The van der Waals surface area contributed by atoms with Crippen LogP contribution < -0.4 is 5.32 Å². The number of nitrogens with one attached hydrogen (secondary N) is 1. The van der Waals surface area contributed by atoms with Crippen molar-refractivity contribution in [1.82, 2.24) is 5.32 Å². The van der Waals surface area contributed by atoms with Gasteiger partial charge in [0.2, 0.25) is 0 Å². The summed E-state index contributed by atoms with van der Waals surface area (Å²) in [5, 5.41) is 12.8. The zero-order chi connectivity index (χ0) is 11.6. The summed E-state index contributed by atoms with van der Waals surface area (Å²) in [6.45, 7) is 5.47. The Hall–Kier alpha value is -0.120. The van der Waals surface area contributed by atoms with Crippen molar-refractivity contribution < 1.29 is 9.84 Å². The van der Waals surface area contributed by atoms with E-state index in [1.165, 1.54) is 25.7 Å². The fourth-order valence-electron chi connectivity index (χ4n) is 3.49. The molecule has 0 bridgehead atoms. The fourth-order valence-corrected chi connectivity index (χ4v) is 3.49. The molecular formula is C13H25NO2. The maximum absolute atomic E-state index is 9.33. The smallest absolute Gasteiger partial charge is 0.0661 e. The van der Waals surface area contributed by atoms with Crippen LogP contribution in [0.5, 0.6) is 0 Å². The minimum Gasteiger partial charge on any atom is -0.392 e. The van der Waals surface area contributed by atoms with E-state index in [0.29, 0.717) is 24.1 Å². The monoisotopic (exact) mass is 227 g/mol. The van der Waals surface area contributed by atoms with Crippen molar-refractivity contribution in [3.8, 4) is 0 Å². The van der Waals surface area contributed by atoms with Gasteiger partial charge in [-0.2, -0.15) is 0 Å². The summed E-state index contributed by atoms with van der Waals surface area (Å²) < 4.78 is 5.85. The second-order valence-electron chi connectivity index (χ2n) is 5.43. The lowest BCUT2D eigenvalue weighted by Crippen LogP contribution is -2.63. The Morgan fingerprint density at radius 2 is 2.12 bits per heavy atom. The number of aliphatic hydroxyl groups excluding tert-OH is 1. The van der Waals surface area contributed by atoms with Gasteiger partial charge in [-0.25, -0.2) is 0 Å². The van der Waals surface area contributed by atoms with E-state index in [0.717, 1.165) is 13.0 Å². The van der Waals surface area contributed by atoms with Gasteiger partial charge in [0.05, 0.1) is 12.2 Å². The number of hydrogen-bond acceptors (Lipinski definition) is 3. The minimum atomic E-state index is -0.246. The minimum absolute atomic E-state index is 0.246. The molecule has 94 valence electrons. The van der Waals surface area contributed by atoms with E-state index in [9.17, 15) is 5.11 Å². The maximum Gasteiger partial charge on any atom is 0.0661 e. The highest BCUT2D eigenvalue weighted by atomic mass is 16.5. The molecule has 2 aliphatic rings. The van der Waals surface area contributed by atoms with Gasteiger partial charge in [-0.15, -0.1) is 0 Å². The zero-order valence-corrected chi connectivity index (χ0v) is 10.5. The van der Waals surface area contributed by atoms with Gasteiger partial charge < -0.3 is 15.2 Å². The van der Waals surface area contributed by atoms with Crippen LogP contribution >= 0.6 is 0 Å². The molecule has 3 nitrogen and oxygen atoms in total. The third kappa shape index (κ3) is 2.13. The van der Waals surface area contributed by atoms with Crippen LogP contribution in [-0.4, -0.2) is 36.5 Å². The second-order valence-corrected chi connectivity index (χ2v) is 5.43. The molecule has 3 atom stereocenters. The van der Waals surface area contributed by atoms with E-state index in [-0.39, 0.29) is 6.10 Å². The first-order valence-electron chi connectivity index (χ1n) is 6.72. The summed E-state index contributed by atoms with van der Waals surface area (Å²) in [6, 6.07) is 0.571. The number of hydrogen-bond donors (Lipinski definition) is 2. The van der Waals surface area contributed by atoms with Crippen LogP contribution in [0.25, 0.3) is 0 Å². The second kappa shape index (κ2) is 5.03. The largest absolute Gasteiger partial charge is 0.392 e. The zero-order valence-electron chi connectivity index (χ0n) is 10.5. The molecule has 1 spiro atoms. The Kier molecular flexibility index (Phi) is 3.88. The molecule has 0 radical (unpaired) electrons. The summed E-state index contributed by atoms with van der Waals surface area (Å²) in [4.78, 5) is 0. The number of aliphatic hydroxyl groups is 1. The van der Waals surface area contributed by atoms with E-state index in [2.05, 4.69) is 12.2 Å². The van der Waals surface area contributed by atoms with Gasteiger partial charge in [0.15, 0.2) is 0 Å². The molecule has 2 N–H and O–H groups in total. The molecule has 2 fully saturated rings. The van der Waals surface area contributed by atoms with Crippen LogP contribution in [0.15, 0.2) is 0 Å². The molecule has 3 unspecified atom stereocenters. The summed E-state index contributed by atoms with van der Waals surface area (Å²) in [5.41, 5.74) is 0.394. The van der Waals surface area contributed by atoms with Crippen LogP contribution in [-0.2, 0) is 4.74 Å². The third-order valence-electron chi connectivity index (χ3n) is 4.35. The topological polar surface area (TPSA) is 41.5 Å². The highest BCUT2D eigenvalue weighted by Gasteiger charge is 2.56. The lowest BCUT2D eigenvalue weighted by Gasteiger charge is -2.54. The Morgan fingerprint density at radius 1 is 1.44 bits per heavy atom. The third-order valence-corrected chi connectivity index (χ3v) is 4.35. The number of ether oxygens (including phenoxy) is 1. The molecule has 0 aliphatic heterocycles. The van der Waals surface area contributed by atoms with Crippen molar-refractivity contribution >= 4 is 0 Å². The SMILES string of the molecule is CCOC1CC(NCC(C)O)C12CCCC2. The van der Waals surface area contributed by atoms with Crippen LogP contribution in [0.1, 0.15) is 46.0 Å². The summed E-state index contributed by atoms with van der Waals surface area (Å²) in [5.74, 6) is 0. The van der Waals surface area contributed by atoms with Gasteiger partial charge in [0.1, 0.15) is 0 Å². The first-order valence-corrected chi connectivity index (χ1v) is 6.72. The van der Waals surface area contributed by atoms with Crippen LogP contribution in [0, 0.1) is 5.41 Å². The lowest BCUT2D eigenvalue weighted by molar-refractivity contribution is -0.131. The summed E-state index contributed by atoms with van der Waals surface area (Å²) >= 11 is 0. The molecule has 0 aromatic rings. The van der Waals surface area contributed by atoms with E-state index in [4.69, 9.17) is 4.74 Å². The van der Waals surface area contributed by atoms with Crippen molar-refractivity contribution in [2.45, 2.75) is 64.2 Å². The molecule has 2 aliphatic carbocycles. The summed E-state index contributed by atoms with van der Waals surface area (Å²) in [6.07, 6.45) is 6.63. The molecular weight excluding hydrogens is 202 g/mol. The Labute approximate surface area is 98.6 Å². The Balaban J connectivity index is 1.90. The van der Waals surface area contributed by atoms with Gasteiger partial charge in [-0.05, 0) is 33.1 Å². The van der Waals surface area contributed by atoms with Crippen LogP contribution in [0.4, 0.5) is 0 Å². The standard InChI is InChI=1S/C13H25NO2/c1-3-16-12-8-11(14-9-10(2)15)13(12)6-4-5-7-13/h10-12,14-15H,3-9H2,1-2H3.